The average Bonchev–Trinajstić information content (AvgIpc) is 2.10. The van der Waals surface area contributed by atoms with Crippen LogP contribution in [0.5, 0.6) is 0 Å². The van der Waals surface area contributed by atoms with Gasteiger partial charge in [-0.05, 0) is 25.9 Å². The minimum absolute atomic E-state index is 0.877. The van der Waals surface area contributed by atoms with Gasteiger partial charge in [-0.3, -0.25) is 0 Å². The molecule has 0 spiro atoms. The lowest BCUT2D eigenvalue weighted by Gasteiger charge is -2.03. The van der Waals surface area contributed by atoms with Crippen molar-refractivity contribution < 1.29 is 4.74 Å². The van der Waals surface area contributed by atoms with Gasteiger partial charge in [-0.25, -0.2) is 0 Å². The molecule has 0 fully saturated rings. The Balaban J connectivity index is 2.73. The van der Waals surface area contributed by atoms with E-state index in [-0.39, 0.29) is 0 Å². The van der Waals surface area contributed by atoms with Crippen molar-refractivity contribution in [2.75, 3.05) is 26.8 Å². The summed E-state index contributed by atoms with van der Waals surface area (Å²) in [5, 5.41) is 3.40. The van der Waals surface area contributed by atoms with Crippen LogP contribution < -0.4 is 5.32 Å². The maximum atomic E-state index is 4.95. The lowest BCUT2D eigenvalue weighted by Crippen LogP contribution is -2.17. The number of ether oxygens (including phenoxy) is 1. The topological polar surface area (TPSA) is 21.3 Å². The summed E-state index contributed by atoms with van der Waals surface area (Å²) in [6, 6.07) is 0. The Bertz CT molecular complexity index is 66.2. The summed E-state index contributed by atoms with van der Waals surface area (Å²) in [4.78, 5) is 0. The van der Waals surface area contributed by atoms with Gasteiger partial charge in [0, 0.05) is 13.7 Å². The van der Waals surface area contributed by atoms with Crippen molar-refractivity contribution in [2.24, 2.45) is 0 Å². The van der Waals surface area contributed by atoms with E-state index in [1.807, 2.05) is 0 Å². The molecule has 2 heteroatoms. The lowest BCUT2D eigenvalue weighted by molar-refractivity contribution is 0.194. The molecule has 0 aliphatic rings. The molecule has 0 saturated heterocycles. The van der Waals surface area contributed by atoms with Gasteiger partial charge in [0.1, 0.15) is 0 Å². The highest BCUT2D eigenvalue weighted by molar-refractivity contribution is 4.48. The lowest BCUT2D eigenvalue weighted by atomic mass is 10.2. The number of nitrogens with one attached hydrogen (secondary N) is 1. The predicted octanol–water partition coefficient (Wildman–Crippen LogP) is 2.19. The van der Waals surface area contributed by atoms with E-state index in [2.05, 4.69) is 12.2 Å². The van der Waals surface area contributed by atoms with E-state index in [9.17, 15) is 0 Å². The molecule has 0 aromatic heterocycles. The van der Waals surface area contributed by atoms with Crippen LogP contribution in [0.4, 0.5) is 0 Å². The molecule has 0 amide bonds. The van der Waals surface area contributed by atoms with E-state index in [4.69, 9.17) is 4.74 Å². The van der Waals surface area contributed by atoms with Crippen LogP contribution in [-0.2, 0) is 4.74 Å². The monoisotopic (exact) mass is 173 g/mol. The molecule has 12 heavy (non-hydrogen) atoms. The third-order valence-corrected chi connectivity index (χ3v) is 1.91. The van der Waals surface area contributed by atoms with Crippen molar-refractivity contribution in [1.29, 1.82) is 0 Å². The molecular weight excluding hydrogens is 150 g/mol. The van der Waals surface area contributed by atoms with Gasteiger partial charge in [0.05, 0.1) is 0 Å². The Kier molecular flexibility index (Phi) is 10.8. The van der Waals surface area contributed by atoms with Crippen LogP contribution in [0.1, 0.15) is 39.0 Å². The van der Waals surface area contributed by atoms with Gasteiger partial charge >= 0.3 is 0 Å². The first-order valence-electron chi connectivity index (χ1n) is 5.11. The molecule has 0 bridgehead atoms. The van der Waals surface area contributed by atoms with E-state index in [1.165, 1.54) is 32.2 Å². The van der Waals surface area contributed by atoms with E-state index in [1.54, 1.807) is 7.11 Å². The maximum absolute atomic E-state index is 4.95. The normalized spacial score (nSPS) is 10.5. The smallest absolute Gasteiger partial charge is 0.0474 e. The molecule has 2 nitrogen and oxygen atoms in total. The number of hydrogen-bond donors (Lipinski definition) is 1. The maximum Gasteiger partial charge on any atom is 0.0474 e. The molecule has 0 saturated carbocycles. The zero-order valence-electron chi connectivity index (χ0n) is 8.57. The van der Waals surface area contributed by atoms with Gasteiger partial charge < -0.3 is 10.1 Å². The van der Waals surface area contributed by atoms with Crippen LogP contribution in [0.3, 0.4) is 0 Å². The highest BCUT2D eigenvalue weighted by Gasteiger charge is 1.88. The van der Waals surface area contributed by atoms with Crippen molar-refractivity contribution in [3.63, 3.8) is 0 Å². The van der Waals surface area contributed by atoms with Crippen molar-refractivity contribution in [3.05, 3.63) is 0 Å². The van der Waals surface area contributed by atoms with E-state index in [0.29, 0.717) is 0 Å². The summed E-state index contributed by atoms with van der Waals surface area (Å²) in [6.07, 6.45) is 6.52. The third kappa shape index (κ3) is 9.92. The molecule has 0 rings (SSSR count). The van der Waals surface area contributed by atoms with Crippen LogP contribution in [0, 0.1) is 0 Å². The summed E-state index contributed by atoms with van der Waals surface area (Å²) in [6.45, 7) is 5.39. The highest BCUT2D eigenvalue weighted by atomic mass is 16.5. The second kappa shape index (κ2) is 10.9. The minimum Gasteiger partial charge on any atom is -0.385 e. The van der Waals surface area contributed by atoms with Gasteiger partial charge in [-0.15, -0.1) is 0 Å². The van der Waals surface area contributed by atoms with Gasteiger partial charge in [0.25, 0.3) is 0 Å². The van der Waals surface area contributed by atoms with Crippen LogP contribution in [0.25, 0.3) is 0 Å². The van der Waals surface area contributed by atoms with Gasteiger partial charge in [-0.1, -0.05) is 26.2 Å². The van der Waals surface area contributed by atoms with Gasteiger partial charge in [0.15, 0.2) is 0 Å². The predicted molar refractivity (Wildman–Crippen MR) is 53.5 cm³/mol. The fraction of sp³-hybridized carbons (Fsp3) is 1.00. The van der Waals surface area contributed by atoms with Crippen LogP contribution in [-0.4, -0.2) is 26.8 Å². The standard InChI is InChI=1S/C10H23NO/c1-3-4-5-6-8-11-9-7-10-12-2/h11H,3-10H2,1-2H3. The van der Waals surface area contributed by atoms with Gasteiger partial charge in [0.2, 0.25) is 0 Å². The molecule has 1 N–H and O–H groups in total. The first-order chi connectivity index (χ1) is 5.91. The van der Waals surface area contributed by atoms with Gasteiger partial charge in [-0.2, -0.15) is 0 Å². The molecule has 0 heterocycles. The van der Waals surface area contributed by atoms with Crippen molar-refractivity contribution in [2.45, 2.75) is 39.0 Å². The molecule has 0 atom stereocenters. The Morgan fingerprint density at radius 3 is 2.42 bits per heavy atom. The highest BCUT2D eigenvalue weighted by Crippen LogP contribution is 1.96. The quantitative estimate of drug-likeness (QED) is 0.540. The fourth-order valence-corrected chi connectivity index (χ4v) is 1.14. The molecule has 74 valence electrons. The number of unbranched alkanes of at least 4 members (excludes halogenated alkanes) is 3. The van der Waals surface area contributed by atoms with E-state index < -0.39 is 0 Å². The molecular formula is C10H23NO. The van der Waals surface area contributed by atoms with E-state index >= 15 is 0 Å². The molecule has 0 unspecified atom stereocenters. The average molecular weight is 173 g/mol. The molecule has 0 aromatic carbocycles. The number of hydrogen-bond acceptors (Lipinski definition) is 2. The second-order valence-corrected chi connectivity index (χ2v) is 3.16. The summed E-state index contributed by atoms with van der Waals surface area (Å²) in [7, 11) is 1.75. The van der Waals surface area contributed by atoms with Crippen LogP contribution in [0.2, 0.25) is 0 Å². The molecule has 0 aliphatic heterocycles. The fourth-order valence-electron chi connectivity index (χ4n) is 1.14. The zero-order chi connectivity index (χ0) is 9.07. The molecule has 0 radical (unpaired) electrons. The van der Waals surface area contributed by atoms with E-state index in [0.717, 1.165) is 19.6 Å². The Hall–Kier alpha value is -0.0800. The Labute approximate surface area is 76.7 Å². The number of rotatable bonds is 9. The largest absolute Gasteiger partial charge is 0.385 e. The Morgan fingerprint density at radius 1 is 1.00 bits per heavy atom. The molecule has 0 aliphatic carbocycles. The molecule has 0 aromatic rings. The van der Waals surface area contributed by atoms with Crippen molar-refractivity contribution in [1.82, 2.24) is 5.32 Å². The summed E-state index contributed by atoms with van der Waals surface area (Å²) >= 11 is 0. The number of methoxy groups -OCH3 is 1. The van der Waals surface area contributed by atoms with Crippen LogP contribution in [0.15, 0.2) is 0 Å². The summed E-state index contributed by atoms with van der Waals surface area (Å²) < 4.78 is 4.95. The Morgan fingerprint density at radius 2 is 1.75 bits per heavy atom. The zero-order valence-corrected chi connectivity index (χ0v) is 8.57. The summed E-state index contributed by atoms with van der Waals surface area (Å²) in [5.74, 6) is 0. The minimum atomic E-state index is 0.877. The SMILES string of the molecule is CCCCCCNCCCOC. The first kappa shape index (κ1) is 11.9. The second-order valence-electron chi connectivity index (χ2n) is 3.16. The third-order valence-electron chi connectivity index (χ3n) is 1.91. The first-order valence-corrected chi connectivity index (χ1v) is 5.11. The van der Waals surface area contributed by atoms with Crippen molar-refractivity contribution >= 4 is 0 Å². The van der Waals surface area contributed by atoms with Crippen LogP contribution >= 0.6 is 0 Å². The van der Waals surface area contributed by atoms with Crippen molar-refractivity contribution in [3.8, 4) is 0 Å². The summed E-state index contributed by atoms with van der Waals surface area (Å²) in [5.41, 5.74) is 0.